The minimum Gasteiger partial charge on any atom is -0.344 e. The second-order valence-corrected chi connectivity index (χ2v) is 9.12. The van der Waals surface area contributed by atoms with Crippen molar-refractivity contribution in [2.24, 2.45) is 0 Å². The zero-order valence-electron chi connectivity index (χ0n) is 15.1. The second-order valence-electron chi connectivity index (χ2n) is 6.05. The number of rotatable bonds is 6. The summed E-state index contributed by atoms with van der Waals surface area (Å²) >= 11 is 3.37. The van der Waals surface area contributed by atoms with Crippen LogP contribution in [-0.2, 0) is 16.6 Å². The Hall–Kier alpha value is -2.56. The zero-order valence-corrected chi connectivity index (χ0v) is 17.5. The van der Waals surface area contributed by atoms with E-state index in [0.29, 0.717) is 12.1 Å². The monoisotopic (exact) mass is 464 g/mol. The molecule has 0 unspecified atom stereocenters. The molecule has 3 aromatic rings. The van der Waals surface area contributed by atoms with Crippen LogP contribution in [0.3, 0.4) is 0 Å². The Morgan fingerprint density at radius 1 is 1.18 bits per heavy atom. The average molecular weight is 465 g/mol. The SMILES string of the molecule is CN(C)S(=O)(=O)c1ccc(-c2noc(C(=O)NCc3cccc(Br)c3)n2)cc1. The Bertz CT molecular complexity index is 1090. The molecular formula is C18H17BrN4O4S. The molecule has 1 amide bonds. The van der Waals surface area contributed by atoms with Crippen molar-refractivity contribution in [2.45, 2.75) is 11.4 Å². The molecular weight excluding hydrogens is 448 g/mol. The molecule has 0 aliphatic heterocycles. The van der Waals surface area contributed by atoms with Crippen LogP contribution in [0.2, 0.25) is 0 Å². The minimum absolute atomic E-state index is 0.150. The highest BCUT2D eigenvalue weighted by Crippen LogP contribution is 2.20. The summed E-state index contributed by atoms with van der Waals surface area (Å²) in [6.07, 6.45) is 0. The summed E-state index contributed by atoms with van der Waals surface area (Å²) in [5.41, 5.74) is 1.45. The van der Waals surface area contributed by atoms with Gasteiger partial charge >= 0.3 is 11.8 Å². The van der Waals surface area contributed by atoms with Crippen LogP contribution in [0.4, 0.5) is 0 Å². The van der Waals surface area contributed by atoms with E-state index in [1.165, 1.54) is 26.2 Å². The van der Waals surface area contributed by atoms with Gasteiger partial charge in [0.2, 0.25) is 15.8 Å². The molecule has 1 heterocycles. The lowest BCUT2D eigenvalue weighted by Crippen LogP contribution is -2.23. The van der Waals surface area contributed by atoms with Crippen LogP contribution in [0, 0.1) is 0 Å². The molecule has 2 aromatic carbocycles. The molecule has 0 saturated heterocycles. The van der Waals surface area contributed by atoms with E-state index in [-0.39, 0.29) is 16.6 Å². The number of amides is 1. The van der Waals surface area contributed by atoms with Gasteiger partial charge in [-0.2, -0.15) is 4.98 Å². The Kier molecular flexibility index (Phi) is 5.92. The fraction of sp³-hybridized carbons (Fsp3) is 0.167. The van der Waals surface area contributed by atoms with E-state index in [2.05, 4.69) is 31.4 Å². The highest BCUT2D eigenvalue weighted by molar-refractivity contribution is 9.10. The van der Waals surface area contributed by atoms with E-state index in [1.807, 2.05) is 24.3 Å². The molecule has 1 N–H and O–H groups in total. The summed E-state index contributed by atoms with van der Waals surface area (Å²) in [6.45, 7) is 0.313. The van der Waals surface area contributed by atoms with Crippen molar-refractivity contribution in [3.63, 3.8) is 0 Å². The van der Waals surface area contributed by atoms with Gasteiger partial charge in [0.15, 0.2) is 0 Å². The summed E-state index contributed by atoms with van der Waals surface area (Å²) in [5.74, 6) is -0.470. The molecule has 10 heteroatoms. The third-order valence-electron chi connectivity index (χ3n) is 3.85. The molecule has 0 aliphatic rings. The average Bonchev–Trinajstić information content (AvgIpc) is 3.16. The van der Waals surface area contributed by atoms with Crippen molar-refractivity contribution >= 4 is 31.9 Å². The lowest BCUT2D eigenvalue weighted by Gasteiger charge is -2.11. The van der Waals surface area contributed by atoms with E-state index in [0.717, 1.165) is 14.3 Å². The maximum absolute atomic E-state index is 12.2. The maximum Gasteiger partial charge on any atom is 0.316 e. The molecule has 0 bridgehead atoms. The number of benzene rings is 2. The summed E-state index contributed by atoms with van der Waals surface area (Å²) < 4.78 is 31.3. The van der Waals surface area contributed by atoms with Gasteiger partial charge in [-0.05, 0) is 42.0 Å². The zero-order chi connectivity index (χ0) is 20.3. The van der Waals surface area contributed by atoms with Gasteiger partial charge < -0.3 is 9.84 Å². The molecule has 1 aromatic heterocycles. The van der Waals surface area contributed by atoms with Crippen molar-refractivity contribution in [1.29, 1.82) is 0 Å². The fourth-order valence-electron chi connectivity index (χ4n) is 2.32. The van der Waals surface area contributed by atoms with Crippen LogP contribution in [0.1, 0.15) is 16.2 Å². The van der Waals surface area contributed by atoms with Crippen molar-refractivity contribution in [2.75, 3.05) is 14.1 Å². The lowest BCUT2D eigenvalue weighted by atomic mass is 10.2. The van der Waals surface area contributed by atoms with Crippen molar-refractivity contribution < 1.29 is 17.7 Å². The van der Waals surface area contributed by atoms with Gasteiger partial charge in [-0.15, -0.1) is 0 Å². The highest BCUT2D eigenvalue weighted by atomic mass is 79.9. The standard InChI is InChI=1S/C18H17BrN4O4S/c1-23(2)28(25,26)15-8-6-13(7-9-15)16-21-18(27-22-16)17(24)20-11-12-4-3-5-14(19)10-12/h3-10H,11H2,1-2H3,(H,20,24). The Morgan fingerprint density at radius 2 is 1.89 bits per heavy atom. The van der Waals surface area contributed by atoms with E-state index in [4.69, 9.17) is 4.52 Å². The fourth-order valence-corrected chi connectivity index (χ4v) is 3.67. The molecule has 3 rings (SSSR count). The van der Waals surface area contributed by atoms with E-state index in [9.17, 15) is 13.2 Å². The number of sulfonamides is 1. The predicted octanol–water partition coefficient (Wildman–Crippen LogP) is 2.68. The van der Waals surface area contributed by atoms with E-state index >= 15 is 0 Å². The Balaban J connectivity index is 1.70. The molecule has 146 valence electrons. The first-order chi connectivity index (χ1) is 13.3. The Morgan fingerprint density at radius 3 is 2.54 bits per heavy atom. The highest BCUT2D eigenvalue weighted by Gasteiger charge is 2.19. The van der Waals surface area contributed by atoms with E-state index in [1.54, 1.807) is 12.1 Å². The van der Waals surface area contributed by atoms with Gasteiger partial charge in [0.05, 0.1) is 4.90 Å². The third-order valence-corrected chi connectivity index (χ3v) is 6.18. The van der Waals surface area contributed by atoms with Crippen molar-refractivity contribution in [3.8, 4) is 11.4 Å². The summed E-state index contributed by atoms with van der Waals surface area (Å²) in [4.78, 5) is 16.4. The number of nitrogens with zero attached hydrogens (tertiary/aromatic N) is 3. The van der Waals surface area contributed by atoms with E-state index < -0.39 is 15.9 Å². The van der Waals surface area contributed by atoms with Gasteiger partial charge in [0.1, 0.15) is 0 Å². The summed E-state index contributed by atoms with van der Waals surface area (Å²) in [6, 6.07) is 13.6. The van der Waals surface area contributed by atoms with Gasteiger partial charge in [-0.3, -0.25) is 4.79 Å². The predicted molar refractivity (Wildman–Crippen MR) is 106 cm³/mol. The number of halogens is 1. The van der Waals surface area contributed by atoms with Crippen LogP contribution in [0.15, 0.2) is 62.4 Å². The maximum atomic E-state index is 12.2. The molecule has 8 nitrogen and oxygen atoms in total. The van der Waals surface area contributed by atoms with Crippen LogP contribution < -0.4 is 5.32 Å². The number of hydrogen-bond acceptors (Lipinski definition) is 6. The van der Waals surface area contributed by atoms with Crippen LogP contribution in [-0.4, -0.2) is 42.9 Å². The number of nitrogens with one attached hydrogen (secondary N) is 1. The first kappa shape index (κ1) is 20.2. The number of aromatic nitrogens is 2. The van der Waals surface area contributed by atoms with Crippen molar-refractivity contribution in [1.82, 2.24) is 19.8 Å². The number of hydrogen-bond donors (Lipinski definition) is 1. The normalized spacial score (nSPS) is 11.6. The summed E-state index contributed by atoms with van der Waals surface area (Å²) in [7, 11) is -0.600. The van der Waals surface area contributed by atoms with Gasteiger partial charge in [-0.1, -0.05) is 33.2 Å². The number of carbonyl (C=O) groups excluding carboxylic acids is 1. The smallest absolute Gasteiger partial charge is 0.316 e. The first-order valence-electron chi connectivity index (χ1n) is 8.16. The Labute approximate surface area is 170 Å². The molecule has 0 saturated carbocycles. The van der Waals surface area contributed by atoms with Crippen LogP contribution in [0.25, 0.3) is 11.4 Å². The van der Waals surface area contributed by atoms with Crippen LogP contribution in [0.5, 0.6) is 0 Å². The lowest BCUT2D eigenvalue weighted by molar-refractivity contribution is 0.0907. The van der Waals surface area contributed by atoms with Gasteiger partial charge in [-0.25, -0.2) is 12.7 Å². The second kappa shape index (κ2) is 8.21. The largest absolute Gasteiger partial charge is 0.344 e. The molecule has 0 atom stereocenters. The van der Waals surface area contributed by atoms with Gasteiger partial charge in [0, 0.05) is 30.7 Å². The topological polar surface area (TPSA) is 105 Å². The van der Waals surface area contributed by atoms with Crippen LogP contribution >= 0.6 is 15.9 Å². The molecule has 0 aliphatic carbocycles. The molecule has 0 fully saturated rings. The summed E-state index contributed by atoms with van der Waals surface area (Å²) in [5, 5.41) is 6.50. The molecule has 28 heavy (non-hydrogen) atoms. The molecule has 0 spiro atoms. The van der Waals surface area contributed by atoms with Crippen molar-refractivity contribution in [3.05, 3.63) is 64.5 Å². The quantitative estimate of drug-likeness (QED) is 0.600. The third kappa shape index (κ3) is 4.46. The molecule has 0 radical (unpaired) electrons. The minimum atomic E-state index is -3.52. The first-order valence-corrected chi connectivity index (χ1v) is 10.4. The van der Waals surface area contributed by atoms with Gasteiger partial charge in [0.25, 0.3) is 0 Å². The number of carbonyl (C=O) groups is 1.